The third-order valence-corrected chi connectivity index (χ3v) is 6.20. The molecule has 1 aliphatic rings. The van der Waals surface area contributed by atoms with E-state index in [0.717, 1.165) is 0 Å². The standard InChI is InChI=1S/C23H27FN2O2S/c1-17(2)18-7-9-19(10-8-18)23(28)26-14-12-25(13-15-26)22(27)11-16-29-21-6-4-3-5-20(21)24/h3-10,17H,11-16H2,1-2H3. The molecule has 1 aliphatic heterocycles. The van der Waals surface area contributed by atoms with Crippen molar-refractivity contribution in [3.63, 3.8) is 0 Å². The zero-order chi connectivity index (χ0) is 20.8. The monoisotopic (exact) mass is 414 g/mol. The van der Waals surface area contributed by atoms with Gasteiger partial charge in [0.1, 0.15) is 5.82 Å². The van der Waals surface area contributed by atoms with E-state index in [2.05, 4.69) is 13.8 Å². The molecule has 0 unspecified atom stereocenters. The van der Waals surface area contributed by atoms with E-state index in [1.54, 1.807) is 23.1 Å². The van der Waals surface area contributed by atoms with Crippen LogP contribution in [0.2, 0.25) is 0 Å². The fourth-order valence-electron chi connectivity index (χ4n) is 3.32. The molecule has 2 aromatic carbocycles. The highest BCUT2D eigenvalue weighted by molar-refractivity contribution is 7.99. The minimum absolute atomic E-state index is 0.0162. The molecule has 0 aromatic heterocycles. The largest absolute Gasteiger partial charge is 0.339 e. The summed E-state index contributed by atoms with van der Waals surface area (Å²) in [5, 5.41) is 0. The Bertz CT molecular complexity index is 846. The van der Waals surface area contributed by atoms with Gasteiger partial charge in [-0.25, -0.2) is 4.39 Å². The summed E-state index contributed by atoms with van der Waals surface area (Å²) >= 11 is 1.36. The highest BCUT2D eigenvalue weighted by atomic mass is 32.2. The molecule has 1 fully saturated rings. The first-order valence-electron chi connectivity index (χ1n) is 10.00. The number of hydrogen-bond donors (Lipinski definition) is 0. The molecule has 4 nitrogen and oxygen atoms in total. The summed E-state index contributed by atoms with van der Waals surface area (Å²) in [6.07, 6.45) is 0.365. The lowest BCUT2D eigenvalue weighted by atomic mass is 10.0. The summed E-state index contributed by atoms with van der Waals surface area (Å²) in [6.45, 7) is 6.41. The van der Waals surface area contributed by atoms with Gasteiger partial charge in [-0.05, 0) is 35.7 Å². The first kappa shape index (κ1) is 21.4. The average molecular weight is 415 g/mol. The molecule has 1 heterocycles. The molecule has 2 aromatic rings. The smallest absolute Gasteiger partial charge is 0.253 e. The summed E-state index contributed by atoms with van der Waals surface area (Å²) < 4.78 is 13.6. The number of benzene rings is 2. The van der Waals surface area contributed by atoms with E-state index < -0.39 is 0 Å². The van der Waals surface area contributed by atoms with E-state index in [9.17, 15) is 14.0 Å². The number of thioether (sulfide) groups is 1. The van der Waals surface area contributed by atoms with Gasteiger partial charge in [-0.3, -0.25) is 9.59 Å². The molecule has 6 heteroatoms. The Kier molecular flexibility index (Phi) is 7.31. The first-order valence-corrected chi connectivity index (χ1v) is 11.0. The fraction of sp³-hybridized carbons (Fsp3) is 0.391. The number of nitrogens with zero attached hydrogens (tertiary/aromatic N) is 2. The number of carbonyl (C=O) groups excluding carboxylic acids is 2. The van der Waals surface area contributed by atoms with Crippen molar-refractivity contribution >= 4 is 23.6 Å². The van der Waals surface area contributed by atoms with Crippen LogP contribution in [-0.4, -0.2) is 53.5 Å². The lowest BCUT2D eigenvalue weighted by molar-refractivity contribution is -0.132. The number of halogens is 1. The molecule has 1 saturated heterocycles. The predicted octanol–water partition coefficient (Wildman–Crippen LogP) is 4.42. The lowest BCUT2D eigenvalue weighted by Crippen LogP contribution is -2.50. The first-order chi connectivity index (χ1) is 14.0. The maximum atomic E-state index is 13.6. The third-order valence-electron chi connectivity index (χ3n) is 5.15. The van der Waals surface area contributed by atoms with Crippen LogP contribution < -0.4 is 0 Å². The second-order valence-corrected chi connectivity index (χ2v) is 8.62. The molecule has 0 atom stereocenters. The number of rotatable bonds is 6. The topological polar surface area (TPSA) is 40.6 Å². The highest BCUT2D eigenvalue weighted by Gasteiger charge is 2.24. The van der Waals surface area contributed by atoms with E-state index in [4.69, 9.17) is 0 Å². The van der Waals surface area contributed by atoms with Gasteiger partial charge in [-0.2, -0.15) is 0 Å². The van der Waals surface area contributed by atoms with Crippen LogP contribution in [0.3, 0.4) is 0 Å². The van der Waals surface area contributed by atoms with Crippen LogP contribution in [0.5, 0.6) is 0 Å². The van der Waals surface area contributed by atoms with Crippen LogP contribution in [0.4, 0.5) is 4.39 Å². The fourth-order valence-corrected chi connectivity index (χ4v) is 4.20. The molecule has 0 radical (unpaired) electrons. The van der Waals surface area contributed by atoms with E-state index >= 15 is 0 Å². The Morgan fingerprint density at radius 3 is 2.21 bits per heavy atom. The van der Waals surface area contributed by atoms with Crippen molar-refractivity contribution in [3.05, 3.63) is 65.5 Å². The Morgan fingerprint density at radius 1 is 0.966 bits per heavy atom. The summed E-state index contributed by atoms with van der Waals surface area (Å²) in [5.41, 5.74) is 1.90. The maximum Gasteiger partial charge on any atom is 0.253 e. The van der Waals surface area contributed by atoms with Crippen molar-refractivity contribution in [2.24, 2.45) is 0 Å². The van der Waals surface area contributed by atoms with E-state index in [0.29, 0.717) is 54.7 Å². The van der Waals surface area contributed by atoms with Gasteiger partial charge in [0.25, 0.3) is 5.91 Å². The van der Waals surface area contributed by atoms with Crippen LogP contribution in [0, 0.1) is 5.82 Å². The van der Waals surface area contributed by atoms with Crippen LogP contribution in [0.25, 0.3) is 0 Å². The second-order valence-electron chi connectivity index (χ2n) is 7.48. The van der Waals surface area contributed by atoms with Crippen molar-refractivity contribution in [2.45, 2.75) is 31.1 Å². The Morgan fingerprint density at radius 2 is 1.59 bits per heavy atom. The molecular weight excluding hydrogens is 387 g/mol. The molecule has 2 amide bonds. The number of carbonyl (C=O) groups is 2. The minimum Gasteiger partial charge on any atom is -0.339 e. The SMILES string of the molecule is CC(C)c1ccc(C(=O)N2CCN(C(=O)CCSc3ccccc3F)CC2)cc1. The molecule has 154 valence electrons. The second kappa shape index (κ2) is 9.92. The van der Waals surface area contributed by atoms with Gasteiger partial charge in [0.05, 0.1) is 0 Å². The minimum atomic E-state index is -0.251. The molecule has 0 aliphatic carbocycles. The van der Waals surface area contributed by atoms with Crippen molar-refractivity contribution in [1.82, 2.24) is 9.80 Å². The summed E-state index contributed by atoms with van der Waals surface area (Å²) in [4.78, 5) is 29.3. The van der Waals surface area contributed by atoms with Crippen molar-refractivity contribution in [2.75, 3.05) is 31.9 Å². The predicted molar refractivity (Wildman–Crippen MR) is 115 cm³/mol. The van der Waals surface area contributed by atoms with Gasteiger partial charge < -0.3 is 9.80 Å². The molecule has 0 spiro atoms. The zero-order valence-electron chi connectivity index (χ0n) is 16.9. The average Bonchev–Trinajstić information content (AvgIpc) is 2.74. The third kappa shape index (κ3) is 5.60. The Balaban J connectivity index is 1.45. The van der Waals surface area contributed by atoms with Gasteiger partial charge in [0, 0.05) is 48.8 Å². The van der Waals surface area contributed by atoms with Crippen molar-refractivity contribution < 1.29 is 14.0 Å². The van der Waals surface area contributed by atoms with Gasteiger partial charge in [-0.15, -0.1) is 11.8 Å². The number of piperazine rings is 1. The van der Waals surface area contributed by atoms with E-state index in [1.165, 1.54) is 23.4 Å². The zero-order valence-corrected chi connectivity index (χ0v) is 17.8. The van der Waals surface area contributed by atoms with Gasteiger partial charge in [0.15, 0.2) is 0 Å². The van der Waals surface area contributed by atoms with Gasteiger partial charge in [0.2, 0.25) is 5.91 Å². The summed E-state index contributed by atoms with van der Waals surface area (Å²) in [7, 11) is 0. The summed E-state index contributed by atoms with van der Waals surface area (Å²) in [6, 6.07) is 14.4. The molecule has 0 saturated carbocycles. The lowest BCUT2D eigenvalue weighted by Gasteiger charge is -2.35. The molecule has 0 N–H and O–H groups in total. The Labute approximate surface area is 176 Å². The molecule has 29 heavy (non-hydrogen) atoms. The summed E-state index contributed by atoms with van der Waals surface area (Å²) in [5.74, 6) is 0.801. The molecule has 3 rings (SSSR count). The Hall–Kier alpha value is -2.34. The maximum absolute atomic E-state index is 13.6. The van der Waals surface area contributed by atoms with Gasteiger partial charge >= 0.3 is 0 Å². The molecular formula is C23H27FN2O2S. The number of hydrogen-bond acceptors (Lipinski definition) is 3. The van der Waals surface area contributed by atoms with E-state index in [1.807, 2.05) is 29.2 Å². The number of amides is 2. The van der Waals surface area contributed by atoms with Gasteiger partial charge in [-0.1, -0.05) is 38.1 Å². The molecule has 0 bridgehead atoms. The van der Waals surface area contributed by atoms with E-state index in [-0.39, 0.29) is 17.6 Å². The highest BCUT2D eigenvalue weighted by Crippen LogP contribution is 2.22. The van der Waals surface area contributed by atoms with Crippen LogP contribution in [0.1, 0.15) is 42.1 Å². The van der Waals surface area contributed by atoms with Crippen molar-refractivity contribution in [1.29, 1.82) is 0 Å². The normalized spacial score (nSPS) is 14.3. The van der Waals surface area contributed by atoms with Crippen LogP contribution >= 0.6 is 11.8 Å². The van der Waals surface area contributed by atoms with Crippen LogP contribution in [-0.2, 0) is 4.79 Å². The van der Waals surface area contributed by atoms with Crippen LogP contribution in [0.15, 0.2) is 53.4 Å². The van der Waals surface area contributed by atoms with Crippen molar-refractivity contribution in [3.8, 4) is 0 Å². The quantitative estimate of drug-likeness (QED) is 0.657.